The van der Waals surface area contributed by atoms with Gasteiger partial charge in [0.05, 0.1) is 19.6 Å². The molecule has 1 unspecified atom stereocenters. The average molecular weight is 495 g/mol. The van der Waals surface area contributed by atoms with Crippen molar-refractivity contribution in [3.63, 3.8) is 0 Å². The summed E-state index contributed by atoms with van der Waals surface area (Å²) in [5.74, 6) is 4.15. The Bertz CT molecular complexity index is 1090. The Morgan fingerprint density at radius 2 is 2.06 bits per heavy atom. The van der Waals surface area contributed by atoms with Crippen LogP contribution in [0.4, 0.5) is 0 Å². The van der Waals surface area contributed by atoms with Crippen LogP contribution in [0.1, 0.15) is 36.3 Å². The number of hydrogen-bond acceptors (Lipinski definition) is 7. The van der Waals surface area contributed by atoms with Gasteiger partial charge in [0.25, 0.3) is 0 Å². The summed E-state index contributed by atoms with van der Waals surface area (Å²) in [6, 6.07) is 16.1. The van der Waals surface area contributed by atoms with E-state index in [2.05, 4.69) is 51.5 Å². The highest BCUT2D eigenvalue weighted by atomic mass is 32.2. The summed E-state index contributed by atoms with van der Waals surface area (Å²) in [6.07, 6.45) is 2.89. The Morgan fingerprint density at radius 3 is 2.86 bits per heavy atom. The standard InChI is InChI=1S/C27H34N4O3S/c1-20-7-3-4-8-23(20)19-35-16-6-14-28-27(32)22-9-5-15-31(17-22)18-25-29-26(30-34-25)21-10-12-24(33-2)13-11-21/h3-4,7-8,10-13,22H,5-6,9,14-19H2,1-2H3,(H,28,32). The van der Waals surface area contributed by atoms with Gasteiger partial charge in [-0.25, -0.2) is 0 Å². The minimum Gasteiger partial charge on any atom is -0.497 e. The Hall–Kier alpha value is -2.84. The lowest BCUT2D eigenvalue weighted by molar-refractivity contribution is -0.126. The van der Waals surface area contributed by atoms with Gasteiger partial charge in [-0.3, -0.25) is 9.69 Å². The van der Waals surface area contributed by atoms with Gasteiger partial charge in [-0.2, -0.15) is 16.7 Å². The molecule has 7 nitrogen and oxygen atoms in total. The van der Waals surface area contributed by atoms with Crippen molar-refractivity contribution in [2.75, 3.05) is 32.5 Å². The maximum atomic E-state index is 12.7. The maximum absolute atomic E-state index is 12.7. The molecular weight excluding hydrogens is 460 g/mol. The third kappa shape index (κ3) is 7.32. The van der Waals surface area contributed by atoms with Gasteiger partial charge in [-0.05, 0) is 73.9 Å². The quantitative estimate of drug-likeness (QED) is 0.387. The predicted octanol–water partition coefficient (Wildman–Crippen LogP) is 4.71. The number of hydrogen-bond donors (Lipinski definition) is 1. The van der Waals surface area contributed by atoms with Crippen LogP contribution in [0.25, 0.3) is 11.4 Å². The van der Waals surface area contributed by atoms with E-state index in [-0.39, 0.29) is 11.8 Å². The molecule has 0 spiro atoms. The third-order valence-electron chi connectivity index (χ3n) is 6.33. The van der Waals surface area contributed by atoms with Crippen molar-refractivity contribution in [2.45, 2.75) is 38.5 Å². The Kier molecular flexibility index (Phi) is 9.20. The number of nitrogens with one attached hydrogen (secondary N) is 1. The summed E-state index contributed by atoms with van der Waals surface area (Å²) in [5, 5.41) is 7.26. The normalized spacial score (nSPS) is 16.2. The highest BCUT2D eigenvalue weighted by Crippen LogP contribution is 2.22. The molecule has 1 saturated heterocycles. The molecule has 0 saturated carbocycles. The number of nitrogens with zero attached hydrogens (tertiary/aromatic N) is 3. The van der Waals surface area contributed by atoms with Crippen molar-refractivity contribution in [1.29, 1.82) is 0 Å². The van der Waals surface area contributed by atoms with Crippen molar-refractivity contribution in [2.24, 2.45) is 5.92 Å². The SMILES string of the molecule is COc1ccc(-c2noc(CN3CCCC(C(=O)NCCCSCc4ccccc4C)C3)n2)cc1. The fourth-order valence-electron chi connectivity index (χ4n) is 4.27. The predicted molar refractivity (Wildman–Crippen MR) is 139 cm³/mol. The van der Waals surface area contributed by atoms with Crippen molar-refractivity contribution in [3.05, 3.63) is 65.5 Å². The number of ether oxygens (including phenoxy) is 1. The number of methoxy groups -OCH3 is 1. The van der Waals surface area contributed by atoms with E-state index >= 15 is 0 Å². The zero-order valence-corrected chi connectivity index (χ0v) is 21.4. The molecule has 1 aromatic heterocycles. The van der Waals surface area contributed by atoms with Gasteiger partial charge in [-0.15, -0.1) is 0 Å². The summed E-state index contributed by atoms with van der Waals surface area (Å²) >= 11 is 1.92. The molecule has 4 rings (SSSR count). The van der Waals surface area contributed by atoms with Crippen molar-refractivity contribution >= 4 is 17.7 Å². The minimum absolute atomic E-state index is 0.00681. The molecule has 1 aliphatic rings. The van der Waals surface area contributed by atoms with Crippen molar-refractivity contribution in [1.82, 2.24) is 20.4 Å². The highest BCUT2D eigenvalue weighted by molar-refractivity contribution is 7.98. The van der Waals surface area contributed by atoms with Crippen LogP contribution in [0.5, 0.6) is 5.75 Å². The Labute approximate surface area is 211 Å². The first-order chi connectivity index (χ1) is 17.1. The fourth-order valence-corrected chi connectivity index (χ4v) is 5.30. The number of aryl methyl sites for hydroxylation is 1. The van der Waals surface area contributed by atoms with E-state index in [0.717, 1.165) is 55.2 Å². The van der Waals surface area contributed by atoms with Crippen LogP contribution >= 0.6 is 11.8 Å². The van der Waals surface area contributed by atoms with E-state index in [1.54, 1.807) is 7.11 Å². The monoisotopic (exact) mass is 494 g/mol. The number of likely N-dealkylation sites (tertiary alicyclic amines) is 1. The largest absolute Gasteiger partial charge is 0.497 e. The Morgan fingerprint density at radius 1 is 1.23 bits per heavy atom. The molecule has 0 radical (unpaired) electrons. The molecule has 2 heterocycles. The van der Waals surface area contributed by atoms with Crippen molar-refractivity contribution < 1.29 is 14.1 Å². The molecule has 186 valence electrons. The number of piperidine rings is 1. The first-order valence-corrected chi connectivity index (χ1v) is 13.4. The van der Waals surface area contributed by atoms with E-state index in [4.69, 9.17) is 9.26 Å². The van der Waals surface area contributed by atoms with Crippen LogP contribution in [0.3, 0.4) is 0 Å². The number of carbonyl (C=O) groups is 1. The fraction of sp³-hybridized carbons (Fsp3) is 0.444. The van der Waals surface area contributed by atoms with E-state index in [9.17, 15) is 4.79 Å². The van der Waals surface area contributed by atoms with Gasteiger partial charge in [-0.1, -0.05) is 29.4 Å². The number of benzene rings is 2. The molecule has 0 aliphatic carbocycles. The van der Waals surface area contributed by atoms with Gasteiger partial charge in [0, 0.05) is 24.4 Å². The second kappa shape index (κ2) is 12.7. The molecule has 8 heteroatoms. The number of carbonyl (C=O) groups excluding carboxylic acids is 1. The van der Waals surface area contributed by atoms with E-state index < -0.39 is 0 Å². The van der Waals surface area contributed by atoms with Crippen LogP contribution in [0, 0.1) is 12.8 Å². The van der Waals surface area contributed by atoms with E-state index in [1.807, 2.05) is 36.0 Å². The maximum Gasteiger partial charge on any atom is 0.241 e. The number of aromatic nitrogens is 2. The van der Waals surface area contributed by atoms with Gasteiger partial charge in [0.2, 0.25) is 17.6 Å². The molecule has 3 aromatic rings. The summed E-state index contributed by atoms with van der Waals surface area (Å²) in [4.78, 5) is 19.5. The van der Waals surface area contributed by atoms with Crippen LogP contribution in [-0.4, -0.2) is 53.4 Å². The lowest BCUT2D eigenvalue weighted by atomic mass is 9.97. The summed E-state index contributed by atoms with van der Waals surface area (Å²) in [7, 11) is 1.64. The van der Waals surface area contributed by atoms with E-state index in [0.29, 0.717) is 24.8 Å². The topological polar surface area (TPSA) is 80.5 Å². The molecule has 35 heavy (non-hydrogen) atoms. The molecule has 2 aromatic carbocycles. The summed E-state index contributed by atoms with van der Waals surface area (Å²) in [5.41, 5.74) is 3.61. The first kappa shape index (κ1) is 25.3. The second-order valence-corrected chi connectivity index (χ2v) is 10.0. The molecule has 1 atom stereocenters. The van der Waals surface area contributed by atoms with Gasteiger partial charge in [0.1, 0.15) is 5.75 Å². The highest BCUT2D eigenvalue weighted by Gasteiger charge is 2.26. The molecule has 1 amide bonds. The van der Waals surface area contributed by atoms with Gasteiger partial charge < -0.3 is 14.6 Å². The second-order valence-electron chi connectivity index (χ2n) is 8.94. The van der Waals surface area contributed by atoms with Gasteiger partial charge in [0.15, 0.2) is 0 Å². The number of thioether (sulfide) groups is 1. The lowest BCUT2D eigenvalue weighted by Crippen LogP contribution is -2.43. The minimum atomic E-state index is 0.00681. The molecular formula is C27H34N4O3S. The van der Waals surface area contributed by atoms with Crippen LogP contribution in [-0.2, 0) is 17.1 Å². The van der Waals surface area contributed by atoms with Crippen LogP contribution in [0.15, 0.2) is 53.1 Å². The number of amides is 1. The molecule has 0 bridgehead atoms. The smallest absolute Gasteiger partial charge is 0.241 e. The van der Waals surface area contributed by atoms with Gasteiger partial charge >= 0.3 is 0 Å². The third-order valence-corrected chi connectivity index (χ3v) is 7.43. The molecule has 1 fully saturated rings. The average Bonchev–Trinajstić information content (AvgIpc) is 3.35. The summed E-state index contributed by atoms with van der Waals surface area (Å²) < 4.78 is 10.7. The Balaban J connectivity index is 1.17. The zero-order chi connectivity index (χ0) is 24.5. The van der Waals surface area contributed by atoms with Crippen molar-refractivity contribution in [3.8, 4) is 17.1 Å². The van der Waals surface area contributed by atoms with Crippen LogP contribution in [0.2, 0.25) is 0 Å². The first-order valence-electron chi connectivity index (χ1n) is 12.2. The number of rotatable bonds is 11. The lowest BCUT2D eigenvalue weighted by Gasteiger charge is -2.30. The molecule has 1 N–H and O–H groups in total. The molecule has 1 aliphatic heterocycles. The zero-order valence-electron chi connectivity index (χ0n) is 20.5. The summed E-state index contributed by atoms with van der Waals surface area (Å²) in [6.45, 7) is 5.09. The van der Waals surface area contributed by atoms with E-state index in [1.165, 1.54) is 11.1 Å². The van der Waals surface area contributed by atoms with Crippen LogP contribution < -0.4 is 10.1 Å².